The van der Waals surface area contributed by atoms with Crippen molar-refractivity contribution in [3.63, 3.8) is 0 Å². The Hall–Kier alpha value is -2.65. The Morgan fingerprint density at radius 2 is 1.62 bits per heavy atom. The van der Waals surface area contributed by atoms with E-state index in [2.05, 4.69) is 0 Å². The van der Waals surface area contributed by atoms with Crippen LogP contribution in [-0.4, -0.2) is 5.97 Å². The van der Waals surface area contributed by atoms with Crippen LogP contribution in [0, 0.1) is 5.82 Å². The summed E-state index contributed by atoms with van der Waals surface area (Å²) in [6.45, 7) is 0. The van der Waals surface area contributed by atoms with Gasteiger partial charge in [0.2, 0.25) is 0 Å². The normalized spacial score (nSPS) is 10.4. The van der Waals surface area contributed by atoms with Crippen LogP contribution in [0.5, 0.6) is 5.75 Å². The highest BCUT2D eigenvalue weighted by molar-refractivity contribution is 6.33. The van der Waals surface area contributed by atoms with Crippen LogP contribution in [0.1, 0.15) is 21.5 Å². The largest absolute Gasteiger partial charge is 0.423 e. The maximum atomic E-state index is 13.9. The van der Waals surface area contributed by atoms with Crippen molar-refractivity contribution in [1.82, 2.24) is 0 Å². The van der Waals surface area contributed by atoms with Crippen molar-refractivity contribution >= 4 is 17.6 Å². The Kier molecular flexibility index (Phi) is 4.92. The van der Waals surface area contributed by atoms with E-state index in [1.807, 2.05) is 42.5 Å². The van der Waals surface area contributed by atoms with Gasteiger partial charge in [0.1, 0.15) is 17.1 Å². The lowest BCUT2D eigenvalue weighted by atomic mass is 10.0. The van der Waals surface area contributed by atoms with E-state index in [-0.39, 0.29) is 10.6 Å². The molecule has 4 heteroatoms. The standard InChI is InChI=1S/C20H14ClFO2/c21-16-10-6-11-17(22)19(16)20(23)24-18-12-5-4-9-15(18)13-14-7-2-1-3-8-14/h1-12H,13H2. The van der Waals surface area contributed by atoms with E-state index in [0.29, 0.717) is 12.2 Å². The minimum absolute atomic E-state index is 0.0283. The molecule has 0 fully saturated rings. The number of rotatable bonds is 4. The third kappa shape index (κ3) is 3.63. The highest BCUT2D eigenvalue weighted by atomic mass is 35.5. The summed E-state index contributed by atoms with van der Waals surface area (Å²) in [6.07, 6.45) is 0.606. The average Bonchev–Trinajstić information content (AvgIpc) is 2.57. The number of halogens is 2. The molecule has 0 saturated heterocycles. The van der Waals surface area contributed by atoms with E-state index >= 15 is 0 Å². The van der Waals surface area contributed by atoms with Crippen molar-refractivity contribution in [2.24, 2.45) is 0 Å². The summed E-state index contributed by atoms with van der Waals surface area (Å²) < 4.78 is 19.3. The van der Waals surface area contributed by atoms with Crippen LogP contribution in [0.3, 0.4) is 0 Å². The first-order chi connectivity index (χ1) is 11.6. The Morgan fingerprint density at radius 1 is 0.917 bits per heavy atom. The van der Waals surface area contributed by atoms with E-state index in [9.17, 15) is 9.18 Å². The molecule has 0 aliphatic heterocycles. The van der Waals surface area contributed by atoms with Crippen LogP contribution in [0.2, 0.25) is 5.02 Å². The topological polar surface area (TPSA) is 26.3 Å². The van der Waals surface area contributed by atoms with Gasteiger partial charge < -0.3 is 4.74 Å². The number of para-hydroxylation sites is 1. The molecule has 3 aromatic rings. The molecule has 0 aromatic heterocycles. The van der Waals surface area contributed by atoms with Gasteiger partial charge in [0.05, 0.1) is 5.02 Å². The molecule has 0 atom stereocenters. The lowest BCUT2D eigenvalue weighted by Gasteiger charge is -2.11. The Balaban J connectivity index is 1.87. The second-order valence-electron chi connectivity index (χ2n) is 5.26. The number of carbonyl (C=O) groups is 1. The molecule has 0 heterocycles. The van der Waals surface area contributed by atoms with Crippen molar-refractivity contribution in [1.29, 1.82) is 0 Å². The predicted octanol–water partition coefficient (Wildman–Crippen LogP) is 5.29. The quantitative estimate of drug-likeness (QED) is 0.476. The number of ether oxygens (including phenoxy) is 1. The number of esters is 1. The van der Waals surface area contributed by atoms with E-state index in [1.54, 1.807) is 12.1 Å². The lowest BCUT2D eigenvalue weighted by molar-refractivity contribution is 0.0728. The summed E-state index contributed by atoms with van der Waals surface area (Å²) in [6, 6.07) is 21.1. The summed E-state index contributed by atoms with van der Waals surface area (Å²) in [7, 11) is 0. The van der Waals surface area contributed by atoms with Gasteiger partial charge in [0, 0.05) is 6.42 Å². The van der Waals surface area contributed by atoms with Crippen LogP contribution >= 0.6 is 11.6 Å². The van der Waals surface area contributed by atoms with Gasteiger partial charge in [-0.1, -0.05) is 66.2 Å². The number of hydrogen-bond acceptors (Lipinski definition) is 2. The molecule has 0 amide bonds. The van der Waals surface area contributed by atoms with Gasteiger partial charge in [-0.3, -0.25) is 0 Å². The van der Waals surface area contributed by atoms with Crippen molar-refractivity contribution < 1.29 is 13.9 Å². The van der Waals surface area contributed by atoms with Crippen LogP contribution in [-0.2, 0) is 6.42 Å². The van der Waals surface area contributed by atoms with Crippen LogP contribution in [0.25, 0.3) is 0 Å². The van der Waals surface area contributed by atoms with E-state index < -0.39 is 11.8 Å². The smallest absolute Gasteiger partial charge is 0.348 e. The zero-order valence-electron chi connectivity index (χ0n) is 12.7. The van der Waals surface area contributed by atoms with Crippen molar-refractivity contribution in [2.75, 3.05) is 0 Å². The molecule has 0 radical (unpaired) electrons. The van der Waals surface area contributed by atoms with Crippen LogP contribution in [0.15, 0.2) is 72.8 Å². The monoisotopic (exact) mass is 340 g/mol. The Bertz CT molecular complexity index is 842. The first-order valence-corrected chi connectivity index (χ1v) is 7.81. The summed E-state index contributed by atoms with van der Waals surface area (Å²) in [5.74, 6) is -1.11. The molecular weight excluding hydrogens is 327 g/mol. The highest BCUT2D eigenvalue weighted by Gasteiger charge is 2.19. The van der Waals surface area contributed by atoms with E-state index in [1.165, 1.54) is 18.2 Å². The van der Waals surface area contributed by atoms with Crippen molar-refractivity contribution in [3.05, 3.63) is 100 Å². The molecule has 0 aliphatic carbocycles. The first kappa shape index (κ1) is 16.2. The molecule has 0 aliphatic rings. The minimum atomic E-state index is -0.807. The number of hydrogen-bond donors (Lipinski definition) is 0. The number of benzene rings is 3. The lowest BCUT2D eigenvalue weighted by Crippen LogP contribution is -2.12. The van der Waals surface area contributed by atoms with E-state index in [0.717, 1.165) is 11.1 Å². The first-order valence-electron chi connectivity index (χ1n) is 7.43. The molecule has 2 nitrogen and oxygen atoms in total. The fourth-order valence-corrected chi connectivity index (χ4v) is 2.65. The van der Waals surface area contributed by atoms with Crippen LogP contribution in [0.4, 0.5) is 4.39 Å². The third-order valence-electron chi connectivity index (χ3n) is 3.58. The summed E-state index contributed by atoms with van der Waals surface area (Å²) in [5.41, 5.74) is 1.67. The summed E-state index contributed by atoms with van der Waals surface area (Å²) in [5, 5.41) is 0.0283. The maximum absolute atomic E-state index is 13.9. The minimum Gasteiger partial charge on any atom is -0.423 e. The Morgan fingerprint density at radius 3 is 2.38 bits per heavy atom. The van der Waals surface area contributed by atoms with Crippen molar-refractivity contribution in [3.8, 4) is 5.75 Å². The zero-order valence-corrected chi connectivity index (χ0v) is 13.5. The summed E-state index contributed by atoms with van der Waals surface area (Å²) in [4.78, 5) is 12.3. The van der Waals surface area contributed by atoms with Crippen LogP contribution < -0.4 is 4.74 Å². The molecule has 3 aromatic carbocycles. The molecule has 3 rings (SSSR count). The summed E-state index contributed by atoms with van der Waals surface area (Å²) >= 11 is 5.92. The predicted molar refractivity (Wildman–Crippen MR) is 92.1 cm³/mol. The molecule has 24 heavy (non-hydrogen) atoms. The zero-order chi connectivity index (χ0) is 16.9. The highest BCUT2D eigenvalue weighted by Crippen LogP contribution is 2.25. The molecule has 0 saturated carbocycles. The van der Waals surface area contributed by atoms with Gasteiger partial charge in [-0.2, -0.15) is 0 Å². The van der Waals surface area contributed by atoms with Gasteiger partial charge >= 0.3 is 5.97 Å². The van der Waals surface area contributed by atoms with E-state index in [4.69, 9.17) is 16.3 Å². The molecule has 120 valence electrons. The van der Waals surface area contributed by atoms with Gasteiger partial charge in [-0.05, 0) is 29.3 Å². The fourth-order valence-electron chi connectivity index (χ4n) is 2.41. The van der Waals surface area contributed by atoms with Gasteiger partial charge in [0.25, 0.3) is 0 Å². The fraction of sp³-hybridized carbons (Fsp3) is 0.0500. The van der Waals surface area contributed by atoms with Gasteiger partial charge in [-0.25, -0.2) is 9.18 Å². The van der Waals surface area contributed by atoms with Gasteiger partial charge in [-0.15, -0.1) is 0 Å². The molecule has 0 N–H and O–H groups in total. The molecular formula is C20H14ClFO2. The second kappa shape index (κ2) is 7.28. The maximum Gasteiger partial charge on any atom is 0.348 e. The molecule has 0 bridgehead atoms. The second-order valence-corrected chi connectivity index (χ2v) is 5.66. The number of carbonyl (C=O) groups excluding carboxylic acids is 1. The molecule has 0 unspecified atom stereocenters. The van der Waals surface area contributed by atoms with Gasteiger partial charge in [0.15, 0.2) is 0 Å². The SMILES string of the molecule is O=C(Oc1ccccc1Cc1ccccc1)c1c(F)cccc1Cl. The third-order valence-corrected chi connectivity index (χ3v) is 3.89. The molecule has 0 spiro atoms. The average molecular weight is 341 g/mol. The van der Waals surface area contributed by atoms with Crippen molar-refractivity contribution in [2.45, 2.75) is 6.42 Å². The Labute approximate surface area is 144 Å².